The molecule has 1 rings (SSSR count). The van der Waals surface area contributed by atoms with Crippen molar-refractivity contribution in [1.82, 2.24) is 4.90 Å². The standard InChI is InChI=1S/C13H28N2O/c1-11-8-12(2)15(9-11)7-5-4-6-13(3,16)10-14/h11-12,16H,4-10,14H2,1-3H3. The van der Waals surface area contributed by atoms with Gasteiger partial charge < -0.3 is 15.7 Å². The molecule has 1 heterocycles. The molecule has 1 saturated heterocycles. The number of nitrogens with two attached hydrogens (primary N) is 1. The quantitative estimate of drug-likeness (QED) is 0.679. The Hall–Kier alpha value is -0.120. The van der Waals surface area contributed by atoms with Crippen LogP contribution in [0.25, 0.3) is 0 Å². The van der Waals surface area contributed by atoms with Crippen LogP contribution in [0, 0.1) is 5.92 Å². The van der Waals surface area contributed by atoms with E-state index < -0.39 is 5.60 Å². The van der Waals surface area contributed by atoms with E-state index in [1.807, 2.05) is 6.92 Å². The zero-order valence-electron chi connectivity index (χ0n) is 11.1. The zero-order chi connectivity index (χ0) is 12.2. The largest absolute Gasteiger partial charge is 0.389 e. The maximum Gasteiger partial charge on any atom is 0.0741 e. The Morgan fingerprint density at radius 2 is 2.06 bits per heavy atom. The molecule has 0 aromatic rings. The maximum absolute atomic E-state index is 9.77. The molecule has 1 aliphatic heterocycles. The molecule has 0 spiro atoms. The molecule has 16 heavy (non-hydrogen) atoms. The number of nitrogens with zero attached hydrogens (tertiary/aromatic N) is 1. The lowest BCUT2D eigenvalue weighted by atomic mass is 9.99. The molecular formula is C13H28N2O. The minimum Gasteiger partial charge on any atom is -0.389 e. The number of likely N-dealkylation sites (tertiary alicyclic amines) is 1. The summed E-state index contributed by atoms with van der Waals surface area (Å²) in [5.41, 5.74) is 4.83. The third-order valence-corrected chi connectivity index (χ3v) is 3.76. The summed E-state index contributed by atoms with van der Waals surface area (Å²) in [6.45, 7) is 9.26. The van der Waals surface area contributed by atoms with Gasteiger partial charge in [0.2, 0.25) is 0 Å². The topological polar surface area (TPSA) is 49.5 Å². The Labute approximate surface area is 100 Å². The summed E-state index contributed by atoms with van der Waals surface area (Å²) in [6.07, 6.45) is 4.40. The van der Waals surface area contributed by atoms with Gasteiger partial charge in [-0.25, -0.2) is 0 Å². The highest BCUT2D eigenvalue weighted by molar-refractivity contribution is 4.80. The van der Waals surface area contributed by atoms with E-state index in [1.165, 1.54) is 25.9 Å². The molecule has 0 bridgehead atoms. The molecule has 3 nitrogen and oxygen atoms in total. The molecule has 0 aromatic heterocycles. The van der Waals surface area contributed by atoms with Crippen molar-refractivity contribution in [2.24, 2.45) is 11.7 Å². The molecular weight excluding hydrogens is 200 g/mol. The molecule has 0 aliphatic carbocycles. The van der Waals surface area contributed by atoms with Gasteiger partial charge in [0.05, 0.1) is 5.60 Å². The molecule has 1 aliphatic rings. The van der Waals surface area contributed by atoms with Crippen molar-refractivity contribution in [3.05, 3.63) is 0 Å². The van der Waals surface area contributed by atoms with Gasteiger partial charge in [-0.2, -0.15) is 0 Å². The molecule has 1 fully saturated rings. The first-order valence-corrected chi connectivity index (χ1v) is 6.61. The van der Waals surface area contributed by atoms with Gasteiger partial charge in [0, 0.05) is 19.1 Å². The predicted molar refractivity (Wildman–Crippen MR) is 68.3 cm³/mol. The van der Waals surface area contributed by atoms with Crippen LogP contribution in [0.1, 0.15) is 46.5 Å². The Morgan fingerprint density at radius 1 is 1.38 bits per heavy atom. The van der Waals surface area contributed by atoms with Crippen molar-refractivity contribution in [3.63, 3.8) is 0 Å². The maximum atomic E-state index is 9.77. The first-order chi connectivity index (χ1) is 7.44. The fraction of sp³-hybridized carbons (Fsp3) is 1.00. The summed E-state index contributed by atoms with van der Waals surface area (Å²) in [6, 6.07) is 0.741. The number of rotatable bonds is 6. The summed E-state index contributed by atoms with van der Waals surface area (Å²) in [5.74, 6) is 0.849. The van der Waals surface area contributed by atoms with E-state index in [9.17, 15) is 5.11 Å². The van der Waals surface area contributed by atoms with Gasteiger partial charge in [0.1, 0.15) is 0 Å². The lowest BCUT2D eigenvalue weighted by Gasteiger charge is -2.23. The van der Waals surface area contributed by atoms with Crippen molar-refractivity contribution >= 4 is 0 Å². The molecule has 96 valence electrons. The first-order valence-electron chi connectivity index (χ1n) is 6.61. The van der Waals surface area contributed by atoms with Crippen molar-refractivity contribution in [2.75, 3.05) is 19.6 Å². The van der Waals surface area contributed by atoms with E-state index in [0.29, 0.717) is 6.54 Å². The Morgan fingerprint density at radius 3 is 2.56 bits per heavy atom. The predicted octanol–water partition coefficient (Wildman–Crippen LogP) is 1.60. The van der Waals surface area contributed by atoms with Crippen LogP contribution >= 0.6 is 0 Å². The number of hydrogen-bond donors (Lipinski definition) is 2. The third kappa shape index (κ3) is 4.40. The van der Waals surface area contributed by atoms with Crippen LogP contribution in [0.3, 0.4) is 0 Å². The Kier molecular flexibility index (Phi) is 5.22. The lowest BCUT2D eigenvalue weighted by molar-refractivity contribution is 0.0563. The van der Waals surface area contributed by atoms with Gasteiger partial charge in [-0.05, 0) is 52.0 Å². The van der Waals surface area contributed by atoms with Crippen LogP contribution in [-0.2, 0) is 0 Å². The minimum absolute atomic E-state index is 0.365. The van der Waals surface area contributed by atoms with Gasteiger partial charge in [-0.3, -0.25) is 0 Å². The van der Waals surface area contributed by atoms with E-state index >= 15 is 0 Å². The van der Waals surface area contributed by atoms with Crippen LogP contribution in [0.2, 0.25) is 0 Å². The monoisotopic (exact) mass is 228 g/mol. The lowest BCUT2D eigenvalue weighted by Crippen LogP contribution is -2.34. The minimum atomic E-state index is -0.663. The molecule has 3 atom stereocenters. The van der Waals surface area contributed by atoms with Gasteiger partial charge in [0.15, 0.2) is 0 Å². The number of hydrogen-bond acceptors (Lipinski definition) is 3. The average molecular weight is 228 g/mol. The van der Waals surface area contributed by atoms with Crippen LogP contribution in [-0.4, -0.2) is 41.3 Å². The van der Waals surface area contributed by atoms with E-state index in [4.69, 9.17) is 5.73 Å². The highest BCUT2D eigenvalue weighted by Crippen LogP contribution is 2.23. The molecule has 3 N–H and O–H groups in total. The summed E-state index contributed by atoms with van der Waals surface area (Å²) in [5, 5.41) is 9.77. The van der Waals surface area contributed by atoms with Gasteiger partial charge >= 0.3 is 0 Å². The highest BCUT2D eigenvalue weighted by Gasteiger charge is 2.25. The van der Waals surface area contributed by atoms with E-state index in [1.54, 1.807) is 0 Å². The van der Waals surface area contributed by atoms with Gasteiger partial charge in [-0.15, -0.1) is 0 Å². The van der Waals surface area contributed by atoms with Crippen LogP contribution in [0.4, 0.5) is 0 Å². The van der Waals surface area contributed by atoms with Crippen molar-refractivity contribution in [2.45, 2.75) is 58.1 Å². The first kappa shape index (κ1) is 13.9. The zero-order valence-corrected chi connectivity index (χ0v) is 11.1. The number of unbranched alkanes of at least 4 members (excludes halogenated alkanes) is 1. The Balaban J connectivity index is 2.12. The second-order valence-electron chi connectivity index (χ2n) is 5.84. The molecule has 0 radical (unpaired) electrons. The second-order valence-corrected chi connectivity index (χ2v) is 5.84. The molecule has 0 saturated carbocycles. The molecule has 3 unspecified atom stereocenters. The summed E-state index contributed by atoms with van der Waals surface area (Å²) in [4.78, 5) is 2.57. The highest BCUT2D eigenvalue weighted by atomic mass is 16.3. The van der Waals surface area contributed by atoms with E-state index in [0.717, 1.165) is 24.8 Å². The Bertz CT molecular complexity index is 206. The molecule has 3 heteroatoms. The summed E-state index contributed by atoms with van der Waals surface area (Å²) >= 11 is 0. The number of aliphatic hydroxyl groups is 1. The molecule has 0 amide bonds. The normalized spacial score (nSPS) is 30.6. The van der Waals surface area contributed by atoms with Crippen LogP contribution in [0.15, 0.2) is 0 Å². The molecule has 0 aromatic carbocycles. The second kappa shape index (κ2) is 5.99. The third-order valence-electron chi connectivity index (χ3n) is 3.76. The fourth-order valence-electron chi connectivity index (χ4n) is 2.62. The van der Waals surface area contributed by atoms with Crippen LogP contribution < -0.4 is 5.73 Å². The van der Waals surface area contributed by atoms with Gasteiger partial charge in [-0.1, -0.05) is 6.92 Å². The van der Waals surface area contributed by atoms with E-state index in [-0.39, 0.29) is 0 Å². The summed E-state index contributed by atoms with van der Waals surface area (Å²) < 4.78 is 0. The summed E-state index contributed by atoms with van der Waals surface area (Å²) in [7, 11) is 0. The fourth-order valence-corrected chi connectivity index (χ4v) is 2.62. The van der Waals surface area contributed by atoms with Crippen LogP contribution in [0.5, 0.6) is 0 Å². The SMILES string of the molecule is CC1CC(C)N(CCCCC(C)(O)CN)C1. The van der Waals surface area contributed by atoms with Crippen molar-refractivity contribution in [3.8, 4) is 0 Å². The van der Waals surface area contributed by atoms with Gasteiger partial charge in [0.25, 0.3) is 0 Å². The average Bonchev–Trinajstić information content (AvgIpc) is 2.52. The van der Waals surface area contributed by atoms with E-state index in [2.05, 4.69) is 18.7 Å². The van der Waals surface area contributed by atoms with Crippen molar-refractivity contribution < 1.29 is 5.11 Å². The smallest absolute Gasteiger partial charge is 0.0741 e. The van der Waals surface area contributed by atoms with Crippen molar-refractivity contribution in [1.29, 1.82) is 0 Å².